The van der Waals surface area contributed by atoms with E-state index in [1.54, 1.807) is 0 Å². The topological polar surface area (TPSA) is 46.9 Å². The molecule has 0 aliphatic carbocycles. The van der Waals surface area contributed by atoms with Crippen LogP contribution in [0, 0.1) is 19.3 Å². The number of aliphatic hydroxyl groups is 2. The van der Waals surface area contributed by atoms with Gasteiger partial charge in [0, 0.05) is 39.3 Å². The summed E-state index contributed by atoms with van der Waals surface area (Å²) in [6, 6.07) is 6.21. The summed E-state index contributed by atoms with van der Waals surface area (Å²) in [5, 5.41) is 20.8. The fourth-order valence-electron chi connectivity index (χ4n) is 2.99. The summed E-state index contributed by atoms with van der Waals surface area (Å²) < 4.78 is 0. The van der Waals surface area contributed by atoms with E-state index in [4.69, 9.17) is 0 Å². The summed E-state index contributed by atoms with van der Waals surface area (Å²) >= 11 is 0. The Morgan fingerprint density at radius 3 is 1.96 bits per heavy atom. The molecule has 1 heterocycles. The average molecular weight is 335 g/mol. The van der Waals surface area contributed by atoms with Crippen LogP contribution in [0.5, 0.6) is 0 Å². The molecule has 4 heteroatoms. The van der Waals surface area contributed by atoms with E-state index in [0.29, 0.717) is 6.54 Å². The minimum atomic E-state index is -0.434. The summed E-state index contributed by atoms with van der Waals surface area (Å²) in [6.45, 7) is 15.6. The fraction of sp³-hybridized carbons (Fsp3) is 0.700. The van der Waals surface area contributed by atoms with E-state index in [2.05, 4.69) is 56.6 Å². The largest absolute Gasteiger partial charge is 0.391 e. The van der Waals surface area contributed by atoms with Crippen LogP contribution in [0.25, 0.3) is 0 Å². The number of aryl methyl sites for hydroxylation is 2. The highest BCUT2D eigenvalue weighted by atomic mass is 16.3. The van der Waals surface area contributed by atoms with Gasteiger partial charge in [-0.1, -0.05) is 39.0 Å². The quantitative estimate of drug-likeness (QED) is 0.868. The normalized spacial score (nSPS) is 20.1. The Hall–Kier alpha value is -0.940. The number of β-amino-alcohol motifs (C(OH)–C–C–N with tert-alkyl or cyclic N) is 2. The zero-order valence-corrected chi connectivity index (χ0v) is 15.9. The summed E-state index contributed by atoms with van der Waals surface area (Å²) in [5.41, 5.74) is 3.42. The molecule has 136 valence electrons. The van der Waals surface area contributed by atoms with Gasteiger partial charge < -0.3 is 10.2 Å². The van der Waals surface area contributed by atoms with Gasteiger partial charge in [0.2, 0.25) is 0 Å². The van der Waals surface area contributed by atoms with Crippen molar-refractivity contribution in [2.45, 2.75) is 46.8 Å². The molecule has 0 bridgehead atoms. The Morgan fingerprint density at radius 1 is 0.917 bits per heavy atom. The van der Waals surface area contributed by atoms with Crippen molar-refractivity contribution in [2.24, 2.45) is 5.41 Å². The minimum absolute atomic E-state index is 0.0728. The second-order valence-corrected chi connectivity index (χ2v) is 8.34. The molecule has 0 spiro atoms. The lowest BCUT2D eigenvalue weighted by molar-refractivity contribution is 0.00718. The Kier molecular flexibility index (Phi) is 6.43. The number of benzene rings is 1. The van der Waals surface area contributed by atoms with E-state index in [1.165, 1.54) is 11.1 Å². The summed E-state index contributed by atoms with van der Waals surface area (Å²) in [7, 11) is 0. The zero-order valence-electron chi connectivity index (χ0n) is 15.9. The number of aliphatic hydroxyl groups excluding tert-OH is 2. The zero-order chi connectivity index (χ0) is 17.9. The van der Waals surface area contributed by atoms with Gasteiger partial charge in [-0.05, 0) is 36.0 Å². The second kappa shape index (κ2) is 7.96. The van der Waals surface area contributed by atoms with E-state index in [-0.39, 0.29) is 11.5 Å². The highest BCUT2D eigenvalue weighted by Crippen LogP contribution is 2.21. The Balaban J connectivity index is 1.81. The van der Waals surface area contributed by atoms with Crippen LogP contribution >= 0.6 is 0 Å². The Bertz CT molecular complexity index is 531. The lowest BCUT2D eigenvalue weighted by atomic mass is 9.89. The van der Waals surface area contributed by atoms with Crippen molar-refractivity contribution >= 4 is 0 Å². The maximum absolute atomic E-state index is 10.5. The van der Waals surface area contributed by atoms with Crippen LogP contribution in [-0.2, 0) is 0 Å². The van der Waals surface area contributed by atoms with Crippen LogP contribution in [0.15, 0.2) is 18.2 Å². The van der Waals surface area contributed by atoms with Gasteiger partial charge in [-0.25, -0.2) is 0 Å². The van der Waals surface area contributed by atoms with Gasteiger partial charge in [-0.2, -0.15) is 0 Å². The van der Waals surface area contributed by atoms with E-state index in [1.807, 2.05) is 6.07 Å². The number of rotatable bonds is 5. The Labute approximate surface area is 147 Å². The molecule has 1 aromatic rings. The van der Waals surface area contributed by atoms with Gasteiger partial charge in [-0.3, -0.25) is 9.80 Å². The molecular weight excluding hydrogens is 300 g/mol. The third-order valence-electron chi connectivity index (χ3n) is 5.24. The predicted molar refractivity (Wildman–Crippen MR) is 99.2 cm³/mol. The van der Waals surface area contributed by atoms with Gasteiger partial charge >= 0.3 is 0 Å². The van der Waals surface area contributed by atoms with Gasteiger partial charge in [-0.15, -0.1) is 0 Å². The molecule has 0 amide bonds. The minimum Gasteiger partial charge on any atom is -0.391 e. The first-order chi connectivity index (χ1) is 11.2. The molecule has 2 rings (SSSR count). The van der Waals surface area contributed by atoms with Crippen LogP contribution in [-0.4, -0.2) is 65.4 Å². The molecule has 24 heavy (non-hydrogen) atoms. The van der Waals surface area contributed by atoms with Crippen LogP contribution in [0.4, 0.5) is 0 Å². The molecule has 2 N–H and O–H groups in total. The first kappa shape index (κ1) is 19.4. The predicted octanol–water partition coefficient (Wildman–Crippen LogP) is 2.36. The van der Waals surface area contributed by atoms with E-state index in [9.17, 15) is 10.2 Å². The highest BCUT2D eigenvalue weighted by molar-refractivity contribution is 5.31. The van der Waals surface area contributed by atoms with Crippen LogP contribution < -0.4 is 0 Å². The van der Waals surface area contributed by atoms with Crippen molar-refractivity contribution in [2.75, 3.05) is 39.3 Å². The molecule has 0 aromatic heterocycles. The van der Waals surface area contributed by atoms with Crippen LogP contribution in [0.3, 0.4) is 0 Å². The maximum Gasteiger partial charge on any atom is 0.0917 e. The van der Waals surface area contributed by atoms with Gasteiger partial charge in [0.1, 0.15) is 0 Å². The molecule has 1 aliphatic rings. The third kappa shape index (κ3) is 5.28. The van der Waals surface area contributed by atoms with Crippen LogP contribution in [0.2, 0.25) is 0 Å². The maximum atomic E-state index is 10.5. The van der Waals surface area contributed by atoms with Crippen molar-refractivity contribution in [1.82, 2.24) is 9.80 Å². The number of nitrogens with zero attached hydrogens (tertiary/aromatic N) is 2. The molecule has 2 unspecified atom stereocenters. The molecule has 1 fully saturated rings. The number of hydrogen-bond donors (Lipinski definition) is 2. The second-order valence-electron chi connectivity index (χ2n) is 8.34. The van der Waals surface area contributed by atoms with Crippen LogP contribution in [0.1, 0.15) is 43.6 Å². The van der Waals surface area contributed by atoms with Gasteiger partial charge in [0.05, 0.1) is 12.2 Å². The molecular formula is C20H34N2O2. The van der Waals surface area contributed by atoms with Gasteiger partial charge in [0.15, 0.2) is 0 Å². The summed E-state index contributed by atoms with van der Waals surface area (Å²) in [5.74, 6) is 0. The van der Waals surface area contributed by atoms with Crippen molar-refractivity contribution in [3.05, 3.63) is 34.9 Å². The lowest BCUT2D eigenvalue weighted by Crippen LogP contribution is -2.50. The van der Waals surface area contributed by atoms with E-state index < -0.39 is 6.10 Å². The standard InChI is InChI=1S/C20H34N2O2/c1-15-6-7-17(12-16(15)2)18(23)13-21-8-10-22(11-9-21)14-19(24)20(3,4)5/h6-7,12,18-19,23-24H,8-11,13-14H2,1-5H3. The third-order valence-corrected chi connectivity index (χ3v) is 5.24. The summed E-state index contributed by atoms with van der Waals surface area (Å²) in [6.07, 6.45) is -0.735. The van der Waals surface area contributed by atoms with E-state index >= 15 is 0 Å². The van der Waals surface area contributed by atoms with Crippen molar-refractivity contribution < 1.29 is 10.2 Å². The number of hydrogen-bond acceptors (Lipinski definition) is 4. The molecule has 1 aliphatic heterocycles. The molecule has 0 radical (unpaired) electrons. The number of piperazine rings is 1. The van der Waals surface area contributed by atoms with Crippen molar-refractivity contribution in [1.29, 1.82) is 0 Å². The molecule has 4 nitrogen and oxygen atoms in total. The Morgan fingerprint density at radius 2 is 1.46 bits per heavy atom. The SMILES string of the molecule is Cc1ccc(C(O)CN2CCN(CC(O)C(C)(C)C)CC2)cc1C. The van der Waals surface area contributed by atoms with Gasteiger partial charge in [0.25, 0.3) is 0 Å². The average Bonchev–Trinajstić information content (AvgIpc) is 2.51. The molecule has 1 aromatic carbocycles. The highest BCUT2D eigenvalue weighted by Gasteiger charge is 2.27. The van der Waals surface area contributed by atoms with E-state index in [0.717, 1.165) is 38.3 Å². The molecule has 0 saturated carbocycles. The molecule has 2 atom stereocenters. The van der Waals surface area contributed by atoms with Crippen molar-refractivity contribution in [3.8, 4) is 0 Å². The molecule has 1 saturated heterocycles. The first-order valence-corrected chi connectivity index (χ1v) is 9.05. The first-order valence-electron chi connectivity index (χ1n) is 9.05. The van der Waals surface area contributed by atoms with Crippen molar-refractivity contribution in [3.63, 3.8) is 0 Å². The lowest BCUT2D eigenvalue weighted by Gasteiger charge is -2.38. The monoisotopic (exact) mass is 334 g/mol. The fourth-order valence-corrected chi connectivity index (χ4v) is 2.99. The summed E-state index contributed by atoms with van der Waals surface area (Å²) in [4.78, 5) is 4.65. The smallest absolute Gasteiger partial charge is 0.0917 e.